The fraction of sp³-hybridized carbons (Fsp3) is 0.0500. The lowest BCUT2D eigenvalue weighted by Crippen LogP contribution is -2.19. The lowest BCUT2D eigenvalue weighted by molar-refractivity contribution is 0.0953. The molecule has 2 N–H and O–H groups in total. The highest BCUT2D eigenvalue weighted by molar-refractivity contribution is 6.05. The minimum atomic E-state index is -0.331. The second kappa shape index (κ2) is 8.48. The summed E-state index contributed by atoms with van der Waals surface area (Å²) >= 11 is 0. The topological polar surface area (TPSA) is 96.3 Å². The van der Waals surface area contributed by atoms with Crippen LogP contribution in [0.15, 0.2) is 78.4 Å². The molecular formula is C20H17N5O2. The molecule has 7 nitrogen and oxygen atoms in total. The number of pyridine rings is 2. The van der Waals surface area contributed by atoms with Crippen molar-refractivity contribution in [2.45, 2.75) is 6.92 Å². The number of carbonyl (C=O) groups excluding carboxylic acids is 2. The molecule has 0 saturated heterocycles. The molecule has 0 unspecified atom stereocenters. The third-order valence-corrected chi connectivity index (χ3v) is 3.73. The lowest BCUT2D eigenvalue weighted by atomic mass is 10.1. The number of nitrogens with one attached hydrogen (secondary N) is 2. The van der Waals surface area contributed by atoms with Crippen LogP contribution in [-0.2, 0) is 0 Å². The largest absolute Gasteiger partial charge is 0.322 e. The van der Waals surface area contributed by atoms with E-state index in [2.05, 4.69) is 25.8 Å². The Hall–Kier alpha value is -3.87. The van der Waals surface area contributed by atoms with E-state index in [1.54, 1.807) is 55.7 Å². The SMILES string of the molecule is CC(=NNC(=O)c1cccnc1)c1ccc(NC(=O)c2cccnc2)cc1. The molecule has 0 aliphatic heterocycles. The van der Waals surface area contributed by atoms with Crippen LogP contribution in [0, 0.1) is 0 Å². The Morgan fingerprint density at radius 3 is 1.96 bits per heavy atom. The molecule has 2 heterocycles. The number of nitrogens with zero attached hydrogens (tertiary/aromatic N) is 3. The van der Waals surface area contributed by atoms with Crippen molar-refractivity contribution in [1.82, 2.24) is 15.4 Å². The van der Waals surface area contributed by atoms with Crippen molar-refractivity contribution in [3.8, 4) is 0 Å². The molecule has 0 aliphatic carbocycles. The molecule has 0 bridgehead atoms. The normalized spacial score (nSPS) is 10.9. The Bertz CT molecular complexity index is 955. The van der Waals surface area contributed by atoms with Gasteiger partial charge < -0.3 is 5.32 Å². The maximum Gasteiger partial charge on any atom is 0.272 e. The zero-order chi connectivity index (χ0) is 19.1. The van der Waals surface area contributed by atoms with Gasteiger partial charge in [-0.1, -0.05) is 12.1 Å². The standard InChI is InChI=1S/C20H17N5O2/c1-14(24-25-20(27)17-5-3-11-22-13-17)15-6-8-18(9-7-15)23-19(26)16-4-2-10-21-12-16/h2-13H,1H3,(H,23,26)(H,25,27). The number of amides is 2. The van der Waals surface area contributed by atoms with E-state index in [9.17, 15) is 9.59 Å². The molecule has 0 aliphatic rings. The third-order valence-electron chi connectivity index (χ3n) is 3.73. The van der Waals surface area contributed by atoms with Crippen LogP contribution in [0.1, 0.15) is 33.2 Å². The molecule has 2 amide bonds. The smallest absolute Gasteiger partial charge is 0.272 e. The lowest BCUT2D eigenvalue weighted by Gasteiger charge is -2.07. The van der Waals surface area contributed by atoms with Crippen LogP contribution in [0.4, 0.5) is 5.69 Å². The quantitative estimate of drug-likeness (QED) is 0.541. The van der Waals surface area contributed by atoms with Gasteiger partial charge in [0, 0.05) is 30.5 Å². The molecule has 0 fully saturated rings. The van der Waals surface area contributed by atoms with E-state index in [4.69, 9.17) is 0 Å². The van der Waals surface area contributed by atoms with E-state index >= 15 is 0 Å². The van der Waals surface area contributed by atoms with Gasteiger partial charge in [-0.05, 0) is 48.9 Å². The highest BCUT2D eigenvalue weighted by Crippen LogP contribution is 2.12. The molecule has 3 aromatic rings. The van der Waals surface area contributed by atoms with Crippen molar-refractivity contribution in [2.24, 2.45) is 5.10 Å². The molecule has 2 aromatic heterocycles. The minimum absolute atomic E-state index is 0.232. The van der Waals surface area contributed by atoms with Crippen LogP contribution >= 0.6 is 0 Å². The Kier molecular flexibility index (Phi) is 5.64. The average molecular weight is 359 g/mol. The average Bonchev–Trinajstić information content (AvgIpc) is 2.73. The third kappa shape index (κ3) is 4.82. The van der Waals surface area contributed by atoms with Crippen LogP contribution in [-0.4, -0.2) is 27.5 Å². The van der Waals surface area contributed by atoms with E-state index in [0.29, 0.717) is 22.5 Å². The fourth-order valence-corrected chi connectivity index (χ4v) is 2.26. The number of hydrazone groups is 1. The van der Waals surface area contributed by atoms with Gasteiger partial charge in [-0.2, -0.15) is 5.10 Å². The van der Waals surface area contributed by atoms with Crippen LogP contribution < -0.4 is 10.7 Å². The highest BCUT2D eigenvalue weighted by Gasteiger charge is 2.07. The first-order valence-electron chi connectivity index (χ1n) is 8.20. The molecule has 7 heteroatoms. The molecule has 1 aromatic carbocycles. The van der Waals surface area contributed by atoms with E-state index in [0.717, 1.165) is 5.56 Å². The Balaban J connectivity index is 1.62. The highest BCUT2D eigenvalue weighted by atomic mass is 16.2. The number of hydrogen-bond acceptors (Lipinski definition) is 5. The molecule has 3 rings (SSSR count). The molecule has 0 saturated carbocycles. The zero-order valence-electron chi connectivity index (χ0n) is 14.6. The second-order valence-electron chi connectivity index (χ2n) is 5.65. The predicted molar refractivity (Wildman–Crippen MR) is 103 cm³/mol. The van der Waals surface area contributed by atoms with Gasteiger partial charge in [0.1, 0.15) is 0 Å². The summed E-state index contributed by atoms with van der Waals surface area (Å²) in [6, 6.07) is 13.9. The van der Waals surface area contributed by atoms with Gasteiger partial charge in [-0.3, -0.25) is 19.6 Å². The van der Waals surface area contributed by atoms with Crippen LogP contribution in [0.2, 0.25) is 0 Å². The van der Waals surface area contributed by atoms with Crippen molar-refractivity contribution in [3.63, 3.8) is 0 Å². The summed E-state index contributed by atoms with van der Waals surface area (Å²) in [7, 11) is 0. The zero-order valence-corrected chi connectivity index (χ0v) is 14.6. The van der Waals surface area contributed by atoms with E-state index < -0.39 is 0 Å². The monoisotopic (exact) mass is 359 g/mol. The van der Waals surface area contributed by atoms with Gasteiger partial charge in [0.15, 0.2) is 0 Å². The summed E-state index contributed by atoms with van der Waals surface area (Å²) in [5, 5.41) is 6.90. The molecule has 0 radical (unpaired) electrons. The summed E-state index contributed by atoms with van der Waals surface area (Å²) in [5.74, 6) is -0.562. The van der Waals surface area contributed by atoms with Gasteiger partial charge in [-0.25, -0.2) is 5.43 Å². The maximum atomic E-state index is 12.1. The van der Waals surface area contributed by atoms with Crippen molar-refractivity contribution in [3.05, 3.63) is 90.0 Å². The van der Waals surface area contributed by atoms with Crippen molar-refractivity contribution >= 4 is 23.2 Å². The molecule has 27 heavy (non-hydrogen) atoms. The first-order valence-corrected chi connectivity index (χ1v) is 8.20. The predicted octanol–water partition coefficient (Wildman–Crippen LogP) is 2.88. The summed E-state index contributed by atoms with van der Waals surface area (Å²) in [5.41, 5.74) is 5.52. The van der Waals surface area contributed by atoms with E-state index in [1.165, 1.54) is 12.4 Å². The molecule has 0 spiro atoms. The maximum absolute atomic E-state index is 12.1. The van der Waals surface area contributed by atoms with Crippen molar-refractivity contribution in [1.29, 1.82) is 0 Å². The van der Waals surface area contributed by atoms with Crippen molar-refractivity contribution < 1.29 is 9.59 Å². The van der Waals surface area contributed by atoms with Crippen LogP contribution in [0.3, 0.4) is 0 Å². The van der Waals surface area contributed by atoms with Gasteiger partial charge in [0.25, 0.3) is 11.8 Å². The van der Waals surface area contributed by atoms with Gasteiger partial charge in [0.05, 0.1) is 16.8 Å². The van der Waals surface area contributed by atoms with Gasteiger partial charge >= 0.3 is 0 Å². The number of aromatic nitrogens is 2. The Morgan fingerprint density at radius 1 is 0.815 bits per heavy atom. The number of anilines is 1. The number of carbonyl (C=O) groups is 2. The van der Waals surface area contributed by atoms with Crippen LogP contribution in [0.25, 0.3) is 0 Å². The fourth-order valence-electron chi connectivity index (χ4n) is 2.26. The van der Waals surface area contributed by atoms with Crippen molar-refractivity contribution in [2.75, 3.05) is 5.32 Å². The number of benzene rings is 1. The van der Waals surface area contributed by atoms with Gasteiger partial charge in [0.2, 0.25) is 0 Å². The molecular weight excluding hydrogens is 342 g/mol. The first kappa shape index (κ1) is 17.9. The number of hydrogen-bond donors (Lipinski definition) is 2. The number of rotatable bonds is 5. The molecule has 134 valence electrons. The van der Waals surface area contributed by atoms with E-state index in [1.807, 2.05) is 12.1 Å². The molecule has 0 atom stereocenters. The summed E-state index contributed by atoms with van der Waals surface area (Å²) in [6.45, 7) is 1.78. The van der Waals surface area contributed by atoms with Crippen LogP contribution in [0.5, 0.6) is 0 Å². The second-order valence-corrected chi connectivity index (χ2v) is 5.65. The first-order chi connectivity index (χ1) is 13.1. The van der Waals surface area contributed by atoms with E-state index in [-0.39, 0.29) is 11.8 Å². The summed E-state index contributed by atoms with van der Waals surface area (Å²) in [6.07, 6.45) is 6.19. The summed E-state index contributed by atoms with van der Waals surface area (Å²) < 4.78 is 0. The Morgan fingerprint density at radius 2 is 1.41 bits per heavy atom. The Labute approximate surface area is 156 Å². The van der Waals surface area contributed by atoms with Gasteiger partial charge in [-0.15, -0.1) is 0 Å². The summed E-state index contributed by atoms with van der Waals surface area (Å²) in [4.78, 5) is 31.9. The minimum Gasteiger partial charge on any atom is -0.322 e.